The van der Waals surface area contributed by atoms with Gasteiger partial charge in [-0.3, -0.25) is 9.59 Å². The van der Waals surface area contributed by atoms with Crippen molar-refractivity contribution in [1.29, 1.82) is 0 Å². The average Bonchev–Trinajstić information content (AvgIpc) is 2.96. The van der Waals surface area contributed by atoms with Crippen LogP contribution < -0.4 is 11.1 Å². The second kappa shape index (κ2) is 6.46. The molecule has 0 fully saturated rings. The number of primary amides is 1. The van der Waals surface area contributed by atoms with Crippen LogP contribution >= 0.6 is 23.2 Å². The zero-order valence-corrected chi connectivity index (χ0v) is 13.6. The molecule has 0 saturated heterocycles. The number of halogens is 2. The van der Waals surface area contributed by atoms with Crippen LogP contribution in [0.15, 0.2) is 42.5 Å². The highest BCUT2D eigenvalue weighted by Crippen LogP contribution is 2.24. The lowest BCUT2D eigenvalue weighted by Crippen LogP contribution is -2.41. The fraction of sp³-hybridized carbons (Fsp3) is 0.0667. The summed E-state index contributed by atoms with van der Waals surface area (Å²) < 4.78 is 1.24. The minimum absolute atomic E-state index is 0.0523. The molecule has 0 saturated carbocycles. The van der Waals surface area contributed by atoms with Crippen molar-refractivity contribution < 1.29 is 9.59 Å². The standard InChI is InChI=1S/C15H11Cl2N5O2/c16-8-4-3-5-9(17)12(8)15(24)19-14(13(18)23)22-11-7-2-1-6-10(11)20-21-22/h1-7,14H,(H2,18,23)(H,19,24). The number of hydrogen-bond donors (Lipinski definition) is 2. The first-order valence-corrected chi connectivity index (χ1v) is 7.58. The Balaban J connectivity index is 1.98. The van der Waals surface area contributed by atoms with Gasteiger partial charge in [0, 0.05) is 0 Å². The van der Waals surface area contributed by atoms with Crippen molar-refractivity contribution in [2.24, 2.45) is 5.73 Å². The van der Waals surface area contributed by atoms with Crippen LogP contribution in [0.5, 0.6) is 0 Å². The van der Waals surface area contributed by atoms with Crippen LogP contribution in [0.3, 0.4) is 0 Å². The predicted octanol–water partition coefficient (Wildman–Crippen LogP) is 2.15. The molecule has 24 heavy (non-hydrogen) atoms. The number of hydrogen-bond acceptors (Lipinski definition) is 4. The van der Waals surface area contributed by atoms with Gasteiger partial charge in [0.05, 0.1) is 21.1 Å². The van der Waals surface area contributed by atoms with Gasteiger partial charge in [0.15, 0.2) is 0 Å². The molecule has 3 rings (SSSR count). The third-order valence-corrected chi connectivity index (χ3v) is 3.98. The summed E-state index contributed by atoms with van der Waals surface area (Å²) in [5, 5.41) is 10.6. The highest BCUT2D eigenvalue weighted by atomic mass is 35.5. The number of carbonyl (C=O) groups excluding carboxylic acids is 2. The summed E-state index contributed by atoms with van der Waals surface area (Å²) in [6.07, 6.45) is -1.24. The van der Waals surface area contributed by atoms with Gasteiger partial charge in [0.25, 0.3) is 11.8 Å². The van der Waals surface area contributed by atoms with Gasteiger partial charge in [-0.05, 0) is 24.3 Å². The maximum Gasteiger partial charge on any atom is 0.262 e. The number of aromatic nitrogens is 3. The van der Waals surface area contributed by atoms with E-state index in [1.807, 2.05) is 0 Å². The van der Waals surface area contributed by atoms with Gasteiger partial charge >= 0.3 is 0 Å². The van der Waals surface area contributed by atoms with Gasteiger partial charge in [0.2, 0.25) is 6.17 Å². The number of benzene rings is 2. The third-order valence-electron chi connectivity index (χ3n) is 3.35. The van der Waals surface area contributed by atoms with E-state index in [9.17, 15) is 9.59 Å². The van der Waals surface area contributed by atoms with Crippen molar-refractivity contribution >= 4 is 46.0 Å². The molecule has 2 aromatic carbocycles. The van der Waals surface area contributed by atoms with E-state index in [-0.39, 0.29) is 15.6 Å². The van der Waals surface area contributed by atoms with E-state index in [0.29, 0.717) is 11.0 Å². The van der Waals surface area contributed by atoms with Gasteiger partial charge < -0.3 is 11.1 Å². The second-order valence-electron chi connectivity index (χ2n) is 4.90. The summed E-state index contributed by atoms with van der Waals surface area (Å²) in [7, 11) is 0. The van der Waals surface area contributed by atoms with Crippen molar-refractivity contribution in [3.63, 3.8) is 0 Å². The monoisotopic (exact) mass is 363 g/mol. The highest BCUT2D eigenvalue weighted by Gasteiger charge is 2.25. The van der Waals surface area contributed by atoms with E-state index in [0.717, 1.165) is 0 Å². The molecule has 1 aromatic heterocycles. The first-order chi connectivity index (χ1) is 11.5. The van der Waals surface area contributed by atoms with Gasteiger partial charge in [-0.2, -0.15) is 0 Å². The Hall–Kier alpha value is -2.64. The number of rotatable bonds is 4. The van der Waals surface area contributed by atoms with Gasteiger partial charge in [0.1, 0.15) is 5.52 Å². The molecule has 1 unspecified atom stereocenters. The molecule has 9 heteroatoms. The minimum Gasteiger partial charge on any atom is -0.366 e. The number of nitrogens with two attached hydrogens (primary N) is 1. The number of amides is 2. The number of nitrogens with one attached hydrogen (secondary N) is 1. The molecule has 3 aromatic rings. The van der Waals surface area contributed by atoms with Crippen LogP contribution in [0.1, 0.15) is 16.5 Å². The second-order valence-corrected chi connectivity index (χ2v) is 5.71. The Morgan fingerprint density at radius 3 is 2.42 bits per heavy atom. The first kappa shape index (κ1) is 16.2. The largest absolute Gasteiger partial charge is 0.366 e. The number of carbonyl (C=O) groups is 2. The summed E-state index contributed by atoms with van der Waals surface area (Å²) in [4.78, 5) is 24.3. The molecule has 0 aliphatic carbocycles. The highest BCUT2D eigenvalue weighted by molar-refractivity contribution is 6.39. The fourth-order valence-electron chi connectivity index (χ4n) is 2.24. The zero-order valence-electron chi connectivity index (χ0n) is 12.1. The SMILES string of the molecule is NC(=O)C(NC(=O)c1c(Cl)cccc1Cl)n1nnc2ccccc21. The minimum atomic E-state index is -1.24. The van der Waals surface area contributed by atoms with Crippen molar-refractivity contribution in [3.8, 4) is 0 Å². The van der Waals surface area contributed by atoms with Crippen LogP contribution in [0.4, 0.5) is 0 Å². The summed E-state index contributed by atoms with van der Waals surface area (Å²) in [5.41, 5.74) is 6.58. The molecule has 0 aliphatic rings. The molecule has 7 nitrogen and oxygen atoms in total. The molecule has 0 bridgehead atoms. The summed E-state index contributed by atoms with van der Waals surface area (Å²) in [5.74, 6) is -1.45. The molecule has 0 radical (unpaired) electrons. The van der Waals surface area contributed by atoms with E-state index in [1.54, 1.807) is 30.3 Å². The maximum atomic E-state index is 12.5. The number of fused-ring (bicyclic) bond motifs is 1. The summed E-state index contributed by atoms with van der Waals surface area (Å²) in [6, 6.07) is 11.6. The lowest BCUT2D eigenvalue weighted by atomic mass is 10.2. The Labute approximate surface area is 146 Å². The van der Waals surface area contributed by atoms with E-state index < -0.39 is 18.0 Å². The Kier molecular flexibility index (Phi) is 4.37. The molecule has 122 valence electrons. The van der Waals surface area contributed by atoms with Crippen molar-refractivity contribution in [2.45, 2.75) is 6.17 Å². The molecule has 2 amide bonds. The van der Waals surface area contributed by atoms with Crippen LogP contribution in [0.25, 0.3) is 11.0 Å². The topological polar surface area (TPSA) is 103 Å². The van der Waals surface area contributed by atoms with Gasteiger partial charge in [-0.25, -0.2) is 4.68 Å². The van der Waals surface area contributed by atoms with Crippen LogP contribution in [0, 0.1) is 0 Å². The van der Waals surface area contributed by atoms with E-state index in [2.05, 4.69) is 15.6 Å². The number of para-hydroxylation sites is 1. The molecule has 3 N–H and O–H groups in total. The van der Waals surface area contributed by atoms with Gasteiger partial charge in [-0.1, -0.05) is 46.6 Å². The normalized spacial score (nSPS) is 12.1. The smallest absolute Gasteiger partial charge is 0.262 e. The maximum absolute atomic E-state index is 12.5. The van der Waals surface area contributed by atoms with E-state index in [1.165, 1.54) is 16.8 Å². The first-order valence-electron chi connectivity index (χ1n) is 6.83. The molecular formula is C15H11Cl2N5O2. The lowest BCUT2D eigenvalue weighted by molar-refractivity contribution is -0.122. The van der Waals surface area contributed by atoms with Crippen LogP contribution in [-0.4, -0.2) is 26.8 Å². The fourth-order valence-corrected chi connectivity index (χ4v) is 2.81. The van der Waals surface area contributed by atoms with Crippen molar-refractivity contribution in [3.05, 3.63) is 58.1 Å². The number of nitrogens with zero attached hydrogens (tertiary/aromatic N) is 3. The quantitative estimate of drug-likeness (QED) is 0.740. The van der Waals surface area contributed by atoms with E-state index in [4.69, 9.17) is 28.9 Å². The van der Waals surface area contributed by atoms with Crippen molar-refractivity contribution in [2.75, 3.05) is 0 Å². The Morgan fingerprint density at radius 2 is 1.75 bits per heavy atom. The average molecular weight is 364 g/mol. The Bertz CT molecular complexity index is 920. The predicted molar refractivity (Wildman–Crippen MR) is 89.7 cm³/mol. The van der Waals surface area contributed by atoms with Crippen molar-refractivity contribution in [1.82, 2.24) is 20.3 Å². The zero-order chi connectivity index (χ0) is 17.3. The molecule has 0 aliphatic heterocycles. The van der Waals surface area contributed by atoms with Crippen LogP contribution in [-0.2, 0) is 4.79 Å². The summed E-state index contributed by atoms with van der Waals surface area (Å²) >= 11 is 12.0. The molecular weight excluding hydrogens is 353 g/mol. The third kappa shape index (κ3) is 2.91. The lowest BCUT2D eigenvalue weighted by Gasteiger charge is -2.17. The Morgan fingerprint density at radius 1 is 1.08 bits per heavy atom. The molecule has 1 atom stereocenters. The molecule has 0 spiro atoms. The molecule has 1 heterocycles. The van der Waals surface area contributed by atoms with Crippen LogP contribution in [0.2, 0.25) is 10.0 Å². The summed E-state index contributed by atoms with van der Waals surface area (Å²) in [6.45, 7) is 0. The van der Waals surface area contributed by atoms with Gasteiger partial charge in [-0.15, -0.1) is 5.10 Å². The van der Waals surface area contributed by atoms with E-state index >= 15 is 0 Å².